The minimum Gasteiger partial charge on any atom is -0.331 e. The Labute approximate surface area is 116 Å². The molecule has 0 aliphatic heterocycles. The van der Waals surface area contributed by atoms with E-state index in [0.717, 1.165) is 12.0 Å². The smallest absolute Gasteiger partial charge is 0.317 e. The zero-order valence-electron chi connectivity index (χ0n) is 12.1. The van der Waals surface area contributed by atoms with Crippen molar-refractivity contribution >= 4 is 6.03 Å². The average molecular weight is 260 g/mol. The lowest BCUT2D eigenvalue weighted by Crippen LogP contribution is -2.36. The summed E-state index contributed by atoms with van der Waals surface area (Å²) in [5.74, 6) is 0. The number of hydrogen-bond donors (Lipinski definition) is 1. The van der Waals surface area contributed by atoms with Gasteiger partial charge in [-0.2, -0.15) is 0 Å². The van der Waals surface area contributed by atoms with Crippen LogP contribution < -0.4 is 5.32 Å². The summed E-state index contributed by atoms with van der Waals surface area (Å²) in [4.78, 5) is 13.3. The van der Waals surface area contributed by atoms with E-state index in [1.165, 1.54) is 12.8 Å². The zero-order chi connectivity index (χ0) is 14.1. The third kappa shape index (κ3) is 5.60. The highest BCUT2D eigenvalue weighted by Crippen LogP contribution is 2.15. The number of carbonyl (C=O) groups excluding carboxylic acids is 1. The van der Waals surface area contributed by atoms with Crippen molar-refractivity contribution in [2.45, 2.75) is 32.2 Å². The summed E-state index contributed by atoms with van der Waals surface area (Å²) in [6.45, 7) is 2.18. The van der Waals surface area contributed by atoms with Crippen molar-refractivity contribution in [2.75, 3.05) is 14.1 Å². The third-order valence-corrected chi connectivity index (χ3v) is 2.90. The van der Waals surface area contributed by atoms with Crippen molar-refractivity contribution in [1.29, 1.82) is 0 Å². The van der Waals surface area contributed by atoms with Crippen LogP contribution in [-0.2, 0) is 0 Å². The molecule has 0 saturated heterocycles. The number of hydrogen-bond acceptors (Lipinski definition) is 1. The number of nitrogens with zero attached hydrogens (tertiary/aromatic N) is 1. The molecule has 0 bridgehead atoms. The van der Waals surface area contributed by atoms with Crippen molar-refractivity contribution in [1.82, 2.24) is 10.2 Å². The lowest BCUT2D eigenvalue weighted by molar-refractivity contribution is 0.215. The zero-order valence-corrected chi connectivity index (χ0v) is 12.1. The highest BCUT2D eigenvalue weighted by molar-refractivity contribution is 5.74. The molecule has 3 nitrogen and oxygen atoms in total. The van der Waals surface area contributed by atoms with Gasteiger partial charge in [-0.1, -0.05) is 62.2 Å². The summed E-state index contributed by atoms with van der Waals surface area (Å²) in [5, 5.41) is 3.01. The van der Waals surface area contributed by atoms with Crippen molar-refractivity contribution in [3.8, 4) is 0 Å². The summed E-state index contributed by atoms with van der Waals surface area (Å²) >= 11 is 0. The third-order valence-electron chi connectivity index (χ3n) is 2.90. The van der Waals surface area contributed by atoms with E-state index >= 15 is 0 Å². The first-order valence-electron chi connectivity index (χ1n) is 6.84. The Hall–Kier alpha value is -1.77. The molecule has 1 N–H and O–H groups in total. The topological polar surface area (TPSA) is 32.3 Å². The van der Waals surface area contributed by atoms with E-state index in [2.05, 4.69) is 24.4 Å². The molecule has 1 unspecified atom stereocenters. The first kappa shape index (κ1) is 15.3. The highest BCUT2D eigenvalue weighted by Gasteiger charge is 2.12. The minimum absolute atomic E-state index is 0.0621. The van der Waals surface area contributed by atoms with E-state index in [1.54, 1.807) is 19.0 Å². The van der Waals surface area contributed by atoms with Crippen LogP contribution in [0.3, 0.4) is 0 Å². The second-order valence-corrected chi connectivity index (χ2v) is 4.80. The van der Waals surface area contributed by atoms with E-state index in [0.29, 0.717) is 0 Å². The van der Waals surface area contributed by atoms with Gasteiger partial charge in [0, 0.05) is 14.1 Å². The maximum Gasteiger partial charge on any atom is 0.317 e. The largest absolute Gasteiger partial charge is 0.331 e. The first-order chi connectivity index (χ1) is 9.15. The molecule has 0 aliphatic rings. The van der Waals surface area contributed by atoms with Crippen molar-refractivity contribution < 1.29 is 4.79 Å². The van der Waals surface area contributed by atoms with Crippen LogP contribution >= 0.6 is 0 Å². The van der Waals surface area contributed by atoms with Crippen LogP contribution in [0.25, 0.3) is 0 Å². The molecular weight excluding hydrogens is 236 g/mol. The Morgan fingerprint density at radius 1 is 1.32 bits per heavy atom. The molecule has 1 aromatic rings. The fourth-order valence-electron chi connectivity index (χ4n) is 1.72. The van der Waals surface area contributed by atoms with Gasteiger partial charge in [-0.05, 0) is 12.0 Å². The molecule has 0 aromatic heterocycles. The Morgan fingerprint density at radius 3 is 2.58 bits per heavy atom. The Kier molecular flexibility index (Phi) is 6.72. The van der Waals surface area contributed by atoms with Gasteiger partial charge in [0.1, 0.15) is 0 Å². The van der Waals surface area contributed by atoms with Gasteiger partial charge in [0.25, 0.3) is 0 Å². The van der Waals surface area contributed by atoms with Gasteiger partial charge in [-0.15, -0.1) is 0 Å². The van der Waals surface area contributed by atoms with Gasteiger partial charge in [0.05, 0.1) is 6.04 Å². The van der Waals surface area contributed by atoms with Gasteiger partial charge in [-0.3, -0.25) is 0 Å². The number of nitrogens with one attached hydrogen (secondary N) is 1. The van der Waals surface area contributed by atoms with E-state index in [9.17, 15) is 4.79 Å². The normalized spacial score (nSPS) is 12.4. The maximum absolute atomic E-state index is 11.8. The quantitative estimate of drug-likeness (QED) is 0.613. The highest BCUT2D eigenvalue weighted by atomic mass is 16.2. The lowest BCUT2D eigenvalue weighted by Gasteiger charge is -2.19. The number of unbranched alkanes of at least 4 members (excludes halogenated alkanes) is 2. The monoisotopic (exact) mass is 260 g/mol. The van der Waals surface area contributed by atoms with Crippen LogP contribution in [0.4, 0.5) is 4.79 Å². The fourth-order valence-corrected chi connectivity index (χ4v) is 1.72. The predicted molar refractivity (Wildman–Crippen MR) is 80.1 cm³/mol. The summed E-state index contributed by atoms with van der Waals surface area (Å²) in [6.07, 6.45) is 7.64. The predicted octanol–water partition coefficient (Wildman–Crippen LogP) is 3.75. The van der Waals surface area contributed by atoms with Crippen molar-refractivity contribution in [3.63, 3.8) is 0 Å². The molecule has 0 aliphatic carbocycles. The molecule has 19 heavy (non-hydrogen) atoms. The Balaban J connectivity index is 2.74. The van der Waals surface area contributed by atoms with Crippen LogP contribution in [0, 0.1) is 0 Å². The minimum atomic E-state index is -0.0750. The van der Waals surface area contributed by atoms with Crippen molar-refractivity contribution in [2.24, 2.45) is 0 Å². The van der Waals surface area contributed by atoms with Gasteiger partial charge < -0.3 is 10.2 Å². The van der Waals surface area contributed by atoms with E-state index in [-0.39, 0.29) is 12.1 Å². The maximum atomic E-state index is 11.8. The molecule has 3 heteroatoms. The van der Waals surface area contributed by atoms with Crippen LogP contribution in [0.5, 0.6) is 0 Å². The lowest BCUT2D eigenvalue weighted by atomic mass is 10.1. The molecule has 0 saturated carbocycles. The van der Waals surface area contributed by atoms with Gasteiger partial charge >= 0.3 is 6.03 Å². The number of carbonyl (C=O) groups is 1. The summed E-state index contributed by atoms with van der Waals surface area (Å²) in [7, 11) is 3.50. The molecule has 2 amide bonds. The summed E-state index contributed by atoms with van der Waals surface area (Å²) < 4.78 is 0. The van der Waals surface area contributed by atoms with Crippen LogP contribution in [0.15, 0.2) is 42.5 Å². The van der Waals surface area contributed by atoms with Crippen molar-refractivity contribution in [3.05, 3.63) is 48.0 Å². The van der Waals surface area contributed by atoms with Gasteiger partial charge in [0.15, 0.2) is 0 Å². The second kappa shape index (κ2) is 8.35. The van der Waals surface area contributed by atoms with Gasteiger partial charge in [-0.25, -0.2) is 4.79 Å². The molecule has 0 heterocycles. The molecular formula is C16H24N2O. The molecule has 0 fully saturated rings. The van der Waals surface area contributed by atoms with E-state index in [4.69, 9.17) is 0 Å². The first-order valence-corrected chi connectivity index (χ1v) is 6.84. The molecule has 0 radical (unpaired) electrons. The van der Waals surface area contributed by atoms with Gasteiger partial charge in [0.2, 0.25) is 0 Å². The molecule has 1 atom stereocenters. The van der Waals surface area contributed by atoms with E-state index < -0.39 is 0 Å². The summed E-state index contributed by atoms with van der Waals surface area (Å²) in [5.41, 5.74) is 1.10. The van der Waals surface area contributed by atoms with Crippen LogP contribution in [0.1, 0.15) is 37.8 Å². The fraction of sp³-hybridized carbons (Fsp3) is 0.438. The number of benzene rings is 1. The standard InChI is InChI=1S/C16H24N2O/c1-4-5-6-10-13-15(17-16(19)18(2)3)14-11-8-7-9-12-14/h7-13,15H,4-6H2,1-3H3,(H,17,19)/b13-10+. The molecule has 104 valence electrons. The Bertz CT molecular complexity index is 398. The Morgan fingerprint density at radius 2 is 2.00 bits per heavy atom. The number of allylic oxidation sites excluding steroid dienone is 1. The number of rotatable bonds is 6. The number of amides is 2. The van der Waals surface area contributed by atoms with Crippen LogP contribution in [0.2, 0.25) is 0 Å². The SMILES string of the molecule is CCCC/C=C/C(NC(=O)N(C)C)c1ccccc1. The van der Waals surface area contributed by atoms with Crippen LogP contribution in [-0.4, -0.2) is 25.0 Å². The summed E-state index contributed by atoms with van der Waals surface area (Å²) in [6, 6.07) is 9.89. The molecule has 1 rings (SSSR count). The second-order valence-electron chi connectivity index (χ2n) is 4.80. The van der Waals surface area contributed by atoms with E-state index in [1.807, 2.05) is 30.3 Å². The molecule has 1 aromatic carbocycles. The average Bonchev–Trinajstić information content (AvgIpc) is 2.42. The number of urea groups is 1. The molecule has 0 spiro atoms.